The molecular formula is C37H38BrN2O+. The Balaban J connectivity index is 1.43. The van der Waals surface area contributed by atoms with Gasteiger partial charge in [-0.05, 0) is 85.0 Å². The molecule has 2 aliphatic rings. The van der Waals surface area contributed by atoms with Gasteiger partial charge in [0.1, 0.15) is 12.8 Å². The highest BCUT2D eigenvalue weighted by atomic mass is 79.9. The zero-order valence-electron chi connectivity index (χ0n) is 24.8. The smallest absolute Gasteiger partial charge is 0.209 e. The van der Waals surface area contributed by atoms with E-state index >= 15 is 0 Å². The Bertz CT molecular complexity index is 1750. The van der Waals surface area contributed by atoms with Gasteiger partial charge in [0.15, 0.2) is 5.71 Å². The summed E-state index contributed by atoms with van der Waals surface area (Å²) >= 11 is 3.59. The molecule has 2 aliphatic heterocycles. The lowest BCUT2D eigenvalue weighted by molar-refractivity contribution is -0.401. The Morgan fingerprint density at radius 2 is 1.56 bits per heavy atom. The van der Waals surface area contributed by atoms with Crippen LogP contribution in [0.5, 0.6) is 5.75 Å². The van der Waals surface area contributed by atoms with E-state index in [1.54, 1.807) is 7.11 Å². The van der Waals surface area contributed by atoms with Crippen molar-refractivity contribution in [3.8, 4) is 5.75 Å². The number of fused-ring (bicyclic) bond motifs is 3. The van der Waals surface area contributed by atoms with Crippen LogP contribution in [0.2, 0.25) is 0 Å². The number of allylic oxidation sites excluding steroid dienone is 4. The second kappa shape index (κ2) is 10.3. The first-order valence-corrected chi connectivity index (χ1v) is 15.4. The van der Waals surface area contributed by atoms with Crippen LogP contribution in [-0.2, 0) is 22.6 Å². The molecule has 4 heteroatoms. The summed E-state index contributed by atoms with van der Waals surface area (Å²) in [6.45, 7) is 7.00. The van der Waals surface area contributed by atoms with Gasteiger partial charge < -0.3 is 9.64 Å². The lowest BCUT2D eigenvalue weighted by Gasteiger charge is -2.29. The molecule has 0 amide bonds. The van der Waals surface area contributed by atoms with Crippen molar-refractivity contribution in [1.82, 2.24) is 0 Å². The molecule has 0 bridgehead atoms. The fourth-order valence-electron chi connectivity index (χ4n) is 6.89. The summed E-state index contributed by atoms with van der Waals surface area (Å²) in [5, 5.41) is 3.44. The lowest BCUT2D eigenvalue weighted by atomic mass is 9.75. The number of alkyl halides is 1. The Kier molecular flexibility index (Phi) is 6.94. The average molecular weight is 607 g/mol. The van der Waals surface area contributed by atoms with Crippen LogP contribution >= 0.6 is 15.9 Å². The molecule has 3 nitrogen and oxygen atoms in total. The van der Waals surface area contributed by atoms with Gasteiger partial charge in [-0.1, -0.05) is 70.5 Å². The van der Waals surface area contributed by atoms with Crippen molar-refractivity contribution in [2.75, 3.05) is 26.1 Å². The zero-order chi connectivity index (χ0) is 28.9. The molecule has 0 saturated heterocycles. The van der Waals surface area contributed by atoms with E-state index in [0.29, 0.717) is 0 Å². The van der Waals surface area contributed by atoms with Crippen LogP contribution < -0.4 is 9.64 Å². The highest BCUT2D eigenvalue weighted by Gasteiger charge is 2.44. The van der Waals surface area contributed by atoms with Gasteiger partial charge in [0.05, 0.1) is 12.5 Å². The maximum absolute atomic E-state index is 5.54. The van der Waals surface area contributed by atoms with Crippen LogP contribution in [0, 0.1) is 0 Å². The minimum Gasteiger partial charge on any atom is -0.497 e. The van der Waals surface area contributed by atoms with Gasteiger partial charge in [0.25, 0.3) is 0 Å². The van der Waals surface area contributed by atoms with E-state index in [1.807, 2.05) is 6.07 Å². The first kappa shape index (κ1) is 27.5. The third-order valence-electron chi connectivity index (χ3n) is 9.23. The van der Waals surface area contributed by atoms with Crippen LogP contribution in [-0.4, -0.2) is 31.5 Å². The van der Waals surface area contributed by atoms with Crippen molar-refractivity contribution >= 4 is 43.8 Å². The monoisotopic (exact) mass is 605 g/mol. The number of benzene rings is 4. The van der Waals surface area contributed by atoms with E-state index in [2.05, 4.69) is 151 Å². The topological polar surface area (TPSA) is 15.5 Å². The quantitative estimate of drug-likeness (QED) is 0.161. The van der Waals surface area contributed by atoms with Gasteiger partial charge in [-0.25, -0.2) is 0 Å². The second-order valence-electron chi connectivity index (χ2n) is 12.1. The summed E-state index contributed by atoms with van der Waals surface area (Å²) in [6.07, 6.45) is 7.80. The van der Waals surface area contributed by atoms with Crippen molar-refractivity contribution in [2.24, 2.45) is 0 Å². The molecule has 4 aromatic rings. The molecular weight excluding hydrogens is 568 g/mol. The van der Waals surface area contributed by atoms with Crippen LogP contribution in [0.15, 0.2) is 103 Å². The Morgan fingerprint density at radius 3 is 2.24 bits per heavy atom. The molecule has 0 saturated carbocycles. The van der Waals surface area contributed by atoms with Crippen LogP contribution in [0.1, 0.15) is 43.0 Å². The Hall–Kier alpha value is -3.63. The fraction of sp³-hybridized carbons (Fsp3) is 0.270. The zero-order valence-corrected chi connectivity index (χ0v) is 26.4. The van der Waals surface area contributed by atoms with Gasteiger partial charge in [-0.2, -0.15) is 4.58 Å². The second-order valence-corrected chi connectivity index (χ2v) is 12.7. The first-order chi connectivity index (χ1) is 19.7. The maximum Gasteiger partial charge on any atom is 0.209 e. The third kappa shape index (κ3) is 4.53. The standard InChI is InChI=1S/C37H38BrN2O/c1-36(2)30-22-29(41-6)18-19-32(30)39(4)34(36)12-9-13-35-37(3,23-25-14-16-26(24-38)17-15-25)31-20-27-10-7-8-11-28(27)21-33(31)40(35)5/h7-22H,23-24H2,1-6H3/q+1. The molecule has 208 valence electrons. The van der Waals surface area contributed by atoms with Crippen molar-refractivity contribution in [1.29, 1.82) is 0 Å². The summed E-state index contributed by atoms with van der Waals surface area (Å²) < 4.78 is 7.86. The molecule has 1 unspecified atom stereocenters. The predicted octanol–water partition coefficient (Wildman–Crippen LogP) is 8.84. The number of likely N-dealkylation sites (N-methyl/N-ethyl adjacent to an activating group) is 1. The number of rotatable bonds is 6. The first-order valence-electron chi connectivity index (χ1n) is 14.3. The molecule has 4 aromatic carbocycles. The molecule has 0 N–H and O–H groups in total. The number of methoxy groups -OCH3 is 1. The molecule has 41 heavy (non-hydrogen) atoms. The van der Waals surface area contributed by atoms with Crippen LogP contribution in [0.25, 0.3) is 10.8 Å². The molecule has 0 spiro atoms. The Morgan fingerprint density at radius 1 is 0.878 bits per heavy atom. The summed E-state index contributed by atoms with van der Waals surface area (Å²) in [5.74, 6) is 0.898. The van der Waals surface area contributed by atoms with Gasteiger partial charge in [-0.15, -0.1) is 0 Å². The summed E-state index contributed by atoms with van der Waals surface area (Å²) in [7, 11) is 6.11. The summed E-state index contributed by atoms with van der Waals surface area (Å²) in [4.78, 5) is 2.40. The molecule has 2 heterocycles. The van der Waals surface area contributed by atoms with E-state index in [-0.39, 0.29) is 10.8 Å². The molecule has 0 radical (unpaired) electrons. The lowest BCUT2D eigenvalue weighted by Crippen LogP contribution is -2.29. The largest absolute Gasteiger partial charge is 0.497 e. The van der Waals surface area contributed by atoms with E-state index in [1.165, 1.54) is 55.8 Å². The third-order valence-corrected chi connectivity index (χ3v) is 9.88. The van der Waals surface area contributed by atoms with Gasteiger partial charge in [-0.3, -0.25) is 0 Å². The van der Waals surface area contributed by atoms with Crippen LogP contribution in [0.3, 0.4) is 0 Å². The van der Waals surface area contributed by atoms with Gasteiger partial charge in [0.2, 0.25) is 5.69 Å². The van der Waals surface area contributed by atoms with Gasteiger partial charge in [0, 0.05) is 46.9 Å². The van der Waals surface area contributed by atoms with Crippen molar-refractivity contribution in [2.45, 2.75) is 43.4 Å². The van der Waals surface area contributed by atoms with E-state index < -0.39 is 0 Å². The van der Waals surface area contributed by atoms with Crippen molar-refractivity contribution in [3.63, 3.8) is 0 Å². The minimum absolute atomic E-state index is 0.129. The van der Waals surface area contributed by atoms with E-state index in [4.69, 9.17) is 4.74 Å². The average Bonchev–Trinajstić information content (AvgIpc) is 3.30. The predicted molar refractivity (Wildman–Crippen MR) is 177 cm³/mol. The number of halogens is 1. The van der Waals surface area contributed by atoms with E-state index in [9.17, 15) is 0 Å². The fourth-order valence-corrected chi connectivity index (χ4v) is 7.27. The molecule has 0 fully saturated rings. The number of ether oxygens (including phenoxy) is 1. The van der Waals surface area contributed by atoms with Crippen molar-refractivity contribution < 1.29 is 9.31 Å². The highest BCUT2D eigenvalue weighted by molar-refractivity contribution is 9.08. The van der Waals surface area contributed by atoms with Crippen LogP contribution in [0.4, 0.5) is 11.4 Å². The number of nitrogens with zero attached hydrogens (tertiary/aromatic N) is 2. The van der Waals surface area contributed by atoms with Gasteiger partial charge >= 0.3 is 0 Å². The Labute approximate surface area is 252 Å². The molecule has 1 atom stereocenters. The summed E-state index contributed by atoms with van der Waals surface area (Å²) in [6, 6.07) is 28.9. The highest BCUT2D eigenvalue weighted by Crippen LogP contribution is 2.50. The number of hydrogen-bond donors (Lipinski definition) is 0. The number of hydrogen-bond acceptors (Lipinski definition) is 2. The summed E-state index contributed by atoms with van der Waals surface area (Å²) in [5.41, 5.74) is 10.1. The normalized spacial score (nSPS) is 20.4. The SMILES string of the molecule is COc1ccc2c(c1)C(C)(C)C(C=CC=C1N(C)c3cc4ccccc4cc3C1(C)Cc1ccc(CBr)cc1)=[N+]2C. The maximum atomic E-state index is 5.54. The molecule has 6 rings (SSSR count). The van der Waals surface area contributed by atoms with Crippen molar-refractivity contribution in [3.05, 3.63) is 125 Å². The molecule has 0 aliphatic carbocycles. The molecule has 0 aromatic heterocycles. The minimum atomic E-state index is -0.174. The van der Waals surface area contributed by atoms with E-state index in [0.717, 1.165) is 17.5 Å². The number of anilines is 1.